The fourth-order valence-electron chi connectivity index (χ4n) is 2.70. The number of imidazole rings is 1. The standard InChI is InChI=1S/C15H15N5O5/c1-17-13-12(14(21)18(2)15(17)22)19(8-16-13)7-9-6-10(20(23)24)4-5-11(9)25-3/h4-6,8H,7H2,1-3H3. The zero-order valence-electron chi connectivity index (χ0n) is 13.8. The van der Waals surface area contributed by atoms with Crippen LogP contribution in [0.4, 0.5) is 5.69 Å². The fraction of sp³-hybridized carbons (Fsp3) is 0.267. The molecule has 2 aromatic heterocycles. The number of methoxy groups -OCH3 is 1. The Kier molecular flexibility index (Phi) is 3.87. The van der Waals surface area contributed by atoms with Gasteiger partial charge >= 0.3 is 5.69 Å². The Bertz CT molecular complexity index is 1110. The van der Waals surface area contributed by atoms with Gasteiger partial charge < -0.3 is 9.30 Å². The van der Waals surface area contributed by atoms with Gasteiger partial charge in [-0.2, -0.15) is 0 Å². The van der Waals surface area contributed by atoms with Crippen LogP contribution >= 0.6 is 0 Å². The Morgan fingerprint density at radius 2 is 1.96 bits per heavy atom. The highest BCUT2D eigenvalue weighted by Crippen LogP contribution is 2.25. The van der Waals surface area contributed by atoms with Crippen molar-refractivity contribution in [1.29, 1.82) is 0 Å². The largest absolute Gasteiger partial charge is 0.496 e. The third-order valence-electron chi connectivity index (χ3n) is 4.03. The third-order valence-corrected chi connectivity index (χ3v) is 4.03. The highest BCUT2D eigenvalue weighted by molar-refractivity contribution is 5.70. The Morgan fingerprint density at radius 1 is 1.24 bits per heavy atom. The van der Waals surface area contributed by atoms with E-state index >= 15 is 0 Å². The van der Waals surface area contributed by atoms with E-state index in [-0.39, 0.29) is 23.4 Å². The lowest BCUT2D eigenvalue weighted by Crippen LogP contribution is -2.37. The van der Waals surface area contributed by atoms with Crippen LogP contribution in [0.2, 0.25) is 0 Å². The van der Waals surface area contributed by atoms with Crippen molar-refractivity contribution in [3.63, 3.8) is 0 Å². The van der Waals surface area contributed by atoms with Gasteiger partial charge in [-0.3, -0.25) is 24.0 Å². The molecule has 0 saturated heterocycles. The van der Waals surface area contributed by atoms with E-state index in [9.17, 15) is 19.7 Å². The third kappa shape index (κ3) is 2.57. The lowest BCUT2D eigenvalue weighted by atomic mass is 10.1. The normalized spacial score (nSPS) is 11.0. The highest BCUT2D eigenvalue weighted by atomic mass is 16.6. The van der Waals surface area contributed by atoms with E-state index in [0.29, 0.717) is 11.3 Å². The van der Waals surface area contributed by atoms with E-state index in [0.717, 1.165) is 4.57 Å². The van der Waals surface area contributed by atoms with Crippen LogP contribution in [0.1, 0.15) is 5.56 Å². The van der Waals surface area contributed by atoms with Gasteiger partial charge in [-0.05, 0) is 6.07 Å². The lowest BCUT2D eigenvalue weighted by molar-refractivity contribution is -0.384. The number of nitrogens with zero attached hydrogens (tertiary/aromatic N) is 5. The molecule has 3 rings (SSSR count). The number of non-ortho nitro benzene ring substituents is 1. The highest BCUT2D eigenvalue weighted by Gasteiger charge is 2.17. The Hall–Kier alpha value is -3.43. The van der Waals surface area contributed by atoms with E-state index in [1.165, 1.54) is 50.3 Å². The number of hydrogen-bond acceptors (Lipinski definition) is 6. The molecule has 0 fully saturated rings. The molecule has 1 aromatic carbocycles. The molecule has 0 spiro atoms. The number of ether oxygens (including phenoxy) is 1. The number of benzene rings is 1. The van der Waals surface area contributed by atoms with Gasteiger partial charge in [0.2, 0.25) is 0 Å². The molecule has 0 aliphatic carbocycles. The maximum Gasteiger partial charge on any atom is 0.332 e. The topological polar surface area (TPSA) is 114 Å². The first-order chi connectivity index (χ1) is 11.8. The Labute approximate surface area is 140 Å². The van der Waals surface area contributed by atoms with Crippen molar-refractivity contribution in [1.82, 2.24) is 18.7 Å². The molecule has 0 aliphatic heterocycles. The number of rotatable bonds is 4. The van der Waals surface area contributed by atoms with Gasteiger partial charge in [0.25, 0.3) is 11.2 Å². The lowest BCUT2D eigenvalue weighted by Gasteiger charge is -2.10. The van der Waals surface area contributed by atoms with Crippen LogP contribution in [0.5, 0.6) is 5.75 Å². The van der Waals surface area contributed by atoms with Crippen molar-refractivity contribution in [2.75, 3.05) is 7.11 Å². The second kappa shape index (κ2) is 5.89. The minimum atomic E-state index is -0.502. The molecule has 0 N–H and O–H groups in total. The zero-order chi connectivity index (χ0) is 18.3. The van der Waals surface area contributed by atoms with Crippen LogP contribution in [0.25, 0.3) is 11.2 Å². The maximum atomic E-state index is 12.5. The summed E-state index contributed by atoms with van der Waals surface area (Å²) in [6, 6.07) is 4.23. The van der Waals surface area contributed by atoms with Crippen molar-refractivity contribution >= 4 is 16.9 Å². The molecule has 0 bridgehead atoms. The smallest absolute Gasteiger partial charge is 0.332 e. The number of nitro groups is 1. The molecule has 0 aliphatic rings. The number of nitro benzene ring substituents is 1. The predicted octanol–water partition coefficient (Wildman–Crippen LogP) is 0.399. The van der Waals surface area contributed by atoms with Crippen LogP contribution in [0.15, 0.2) is 34.1 Å². The summed E-state index contributed by atoms with van der Waals surface area (Å²) < 4.78 is 9.05. The summed E-state index contributed by atoms with van der Waals surface area (Å²) in [6.07, 6.45) is 1.42. The number of hydrogen-bond donors (Lipinski definition) is 0. The summed E-state index contributed by atoms with van der Waals surface area (Å²) in [5, 5.41) is 11.0. The first-order valence-electron chi connectivity index (χ1n) is 7.27. The average molecular weight is 345 g/mol. The van der Waals surface area contributed by atoms with Crippen LogP contribution in [0.3, 0.4) is 0 Å². The molecule has 2 heterocycles. The molecule has 0 saturated carbocycles. The number of aromatic nitrogens is 4. The van der Waals surface area contributed by atoms with Gasteiger partial charge in [-0.15, -0.1) is 0 Å². The summed E-state index contributed by atoms with van der Waals surface area (Å²) in [7, 11) is 4.37. The fourth-order valence-corrected chi connectivity index (χ4v) is 2.70. The van der Waals surface area contributed by atoms with E-state index in [1.54, 1.807) is 4.57 Å². The monoisotopic (exact) mass is 345 g/mol. The van der Waals surface area contributed by atoms with Crippen LogP contribution in [-0.2, 0) is 20.6 Å². The molecule has 0 amide bonds. The molecule has 0 atom stereocenters. The molecular weight excluding hydrogens is 330 g/mol. The van der Waals surface area contributed by atoms with Gasteiger partial charge in [-0.1, -0.05) is 0 Å². The molecule has 10 nitrogen and oxygen atoms in total. The van der Waals surface area contributed by atoms with E-state index in [2.05, 4.69) is 4.98 Å². The van der Waals surface area contributed by atoms with Crippen molar-refractivity contribution < 1.29 is 9.66 Å². The second-order valence-corrected chi connectivity index (χ2v) is 5.50. The predicted molar refractivity (Wildman–Crippen MR) is 89.0 cm³/mol. The minimum absolute atomic E-state index is 0.0828. The molecule has 3 aromatic rings. The number of fused-ring (bicyclic) bond motifs is 1. The Morgan fingerprint density at radius 3 is 2.60 bits per heavy atom. The van der Waals surface area contributed by atoms with Gasteiger partial charge in [0.1, 0.15) is 5.75 Å². The molecule has 0 unspecified atom stereocenters. The van der Waals surface area contributed by atoms with Gasteiger partial charge in [0.15, 0.2) is 11.2 Å². The molecule has 130 valence electrons. The van der Waals surface area contributed by atoms with Gasteiger partial charge in [-0.25, -0.2) is 9.78 Å². The summed E-state index contributed by atoms with van der Waals surface area (Å²) in [5.41, 5.74) is -0.0428. The summed E-state index contributed by atoms with van der Waals surface area (Å²) >= 11 is 0. The van der Waals surface area contributed by atoms with Crippen molar-refractivity contribution in [2.45, 2.75) is 6.54 Å². The molecular formula is C15H15N5O5. The molecule has 10 heteroatoms. The van der Waals surface area contributed by atoms with Crippen LogP contribution < -0.4 is 16.0 Å². The summed E-state index contributed by atoms with van der Waals surface area (Å²) in [4.78, 5) is 39.1. The first-order valence-corrected chi connectivity index (χ1v) is 7.27. The summed E-state index contributed by atoms with van der Waals surface area (Å²) in [6.45, 7) is 0.134. The van der Waals surface area contributed by atoms with Gasteiger partial charge in [0.05, 0.1) is 24.9 Å². The van der Waals surface area contributed by atoms with Crippen molar-refractivity contribution in [3.8, 4) is 5.75 Å². The van der Waals surface area contributed by atoms with E-state index in [4.69, 9.17) is 4.74 Å². The Balaban J connectivity index is 2.20. The zero-order valence-corrected chi connectivity index (χ0v) is 13.8. The number of aryl methyl sites for hydroxylation is 1. The quantitative estimate of drug-likeness (QED) is 0.499. The van der Waals surface area contributed by atoms with Crippen LogP contribution in [0, 0.1) is 10.1 Å². The SMILES string of the molecule is COc1ccc([N+](=O)[O-])cc1Cn1cnc2c1c(=O)n(C)c(=O)n2C. The average Bonchev–Trinajstić information content (AvgIpc) is 3.01. The van der Waals surface area contributed by atoms with E-state index < -0.39 is 16.2 Å². The van der Waals surface area contributed by atoms with E-state index in [1.807, 2.05) is 0 Å². The minimum Gasteiger partial charge on any atom is -0.496 e. The van der Waals surface area contributed by atoms with Crippen molar-refractivity contribution in [3.05, 3.63) is 61.0 Å². The first kappa shape index (κ1) is 16.4. The van der Waals surface area contributed by atoms with Crippen LogP contribution in [-0.4, -0.2) is 30.7 Å². The second-order valence-electron chi connectivity index (χ2n) is 5.50. The maximum absolute atomic E-state index is 12.5. The molecule has 0 radical (unpaired) electrons. The molecule has 25 heavy (non-hydrogen) atoms. The van der Waals surface area contributed by atoms with Crippen molar-refractivity contribution in [2.24, 2.45) is 14.1 Å². The van der Waals surface area contributed by atoms with Gasteiger partial charge in [0, 0.05) is 31.8 Å². The summed E-state index contributed by atoms with van der Waals surface area (Å²) in [5.74, 6) is 0.453.